The van der Waals surface area contributed by atoms with Gasteiger partial charge in [-0.15, -0.1) is 11.3 Å². The summed E-state index contributed by atoms with van der Waals surface area (Å²) in [5.41, 5.74) is 2.79. The molecule has 1 fully saturated rings. The van der Waals surface area contributed by atoms with Crippen LogP contribution in [0.25, 0.3) is 16.3 Å². The highest BCUT2D eigenvalue weighted by molar-refractivity contribution is 7.19. The Labute approximate surface area is 155 Å². The first-order valence-electron chi connectivity index (χ1n) is 8.56. The highest BCUT2D eigenvalue weighted by Gasteiger charge is 2.15. The predicted octanol–water partition coefficient (Wildman–Crippen LogP) is 3.78. The topological polar surface area (TPSA) is 54.5 Å². The van der Waals surface area contributed by atoms with Crippen LogP contribution in [0, 0.1) is 0 Å². The SMILES string of the molecule is O=C(/C=C/c1nc2ccccc2s1)Nc1ccccc1N1CCOCC1. The molecule has 1 aromatic heterocycles. The van der Waals surface area contributed by atoms with Gasteiger partial charge in [0.15, 0.2) is 0 Å². The lowest BCUT2D eigenvalue weighted by atomic mass is 10.2. The van der Waals surface area contributed by atoms with Crippen LogP contribution >= 0.6 is 11.3 Å². The summed E-state index contributed by atoms with van der Waals surface area (Å²) in [6.07, 6.45) is 3.30. The Balaban J connectivity index is 1.47. The Morgan fingerprint density at radius 1 is 1.12 bits per heavy atom. The molecule has 1 amide bonds. The number of ether oxygens (including phenoxy) is 1. The van der Waals surface area contributed by atoms with Crippen molar-refractivity contribution < 1.29 is 9.53 Å². The number of benzene rings is 2. The zero-order chi connectivity index (χ0) is 17.8. The molecule has 0 radical (unpaired) electrons. The molecular formula is C20H19N3O2S. The van der Waals surface area contributed by atoms with Crippen LogP contribution in [0.5, 0.6) is 0 Å². The lowest BCUT2D eigenvalue weighted by molar-refractivity contribution is -0.111. The van der Waals surface area contributed by atoms with Crippen LogP contribution in [0.15, 0.2) is 54.6 Å². The molecule has 2 heterocycles. The van der Waals surface area contributed by atoms with E-state index in [0.717, 1.165) is 39.7 Å². The summed E-state index contributed by atoms with van der Waals surface area (Å²) in [6, 6.07) is 15.8. The Morgan fingerprint density at radius 2 is 1.88 bits per heavy atom. The second kappa shape index (κ2) is 7.68. The fourth-order valence-electron chi connectivity index (χ4n) is 2.94. The van der Waals surface area contributed by atoms with Gasteiger partial charge in [0.1, 0.15) is 5.01 Å². The highest BCUT2D eigenvalue weighted by atomic mass is 32.1. The van der Waals surface area contributed by atoms with Gasteiger partial charge in [-0.25, -0.2) is 4.98 Å². The minimum atomic E-state index is -0.162. The third-order valence-corrected chi connectivity index (χ3v) is 5.20. The molecule has 1 aliphatic rings. The quantitative estimate of drug-likeness (QED) is 0.715. The largest absolute Gasteiger partial charge is 0.378 e. The van der Waals surface area contributed by atoms with Crippen molar-refractivity contribution >= 4 is 44.9 Å². The maximum absolute atomic E-state index is 12.4. The smallest absolute Gasteiger partial charge is 0.248 e. The van der Waals surface area contributed by atoms with Crippen LogP contribution in [0.2, 0.25) is 0 Å². The molecule has 0 bridgehead atoms. The number of hydrogen-bond donors (Lipinski definition) is 1. The van der Waals surface area contributed by atoms with Crippen LogP contribution in [0.4, 0.5) is 11.4 Å². The molecule has 3 aromatic rings. The number of fused-ring (bicyclic) bond motifs is 1. The van der Waals surface area contributed by atoms with Crippen molar-refractivity contribution in [3.63, 3.8) is 0 Å². The van der Waals surface area contributed by atoms with E-state index in [1.54, 1.807) is 17.4 Å². The number of nitrogens with zero attached hydrogens (tertiary/aromatic N) is 2. The predicted molar refractivity (Wildman–Crippen MR) is 107 cm³/mol. The number of para-hydroxylation sites is 3. The minimum absolute atomic E-state index is 0.162. The van der Waals surface area contributed by atoms with E-state index in [1.807, 2.05) is 48.5 Å². The standard InChI is InChI=1S/C20H19N3O2S/c24-19(9-10-20-22-16-6-2-4-8-18(16)26-20)21-15-5-1-3-7-17(15)23-11-13-25-14-12-23/h1-10H,11-14H2,(H,21,24)/b10-9+. The molecule has 0 atom stereocenters. The van der Waals surface area contributed by atoms with Crippen LogP contribution in [0.3, 0.4) is 0 Å². The fraction of sp³-hybridized carbons (Fsp3) is 0.200. The molecule has 1 aliphatic heterocycles. The fourth-order valence-corrected chi connectivity index (χ4v) is 3.81. The number of carbonyl (C=O) groups excluding carboxylic acids is 1. The van der Waals surface area contributed by atoms with Gasteiger partial charge >= 0.3 is 0 Å². The van der Waals surface area contributed by atoms with Gasteiger partial charge in [0, 0.05) is 19.2 Å². The second-order valence-corrected chi connectivity index (χ2v) is 7.02. The normalized spacial score (nSPS) is 14.8. The van der Waals surface area contributed by atoms with Crippen molar-refractivity contribution in [3.05, 3.63) is 59.6 Å². The zero-order valence-electron chi connectivity index (χ0n) is 14.2. The molecule has 5 nitrogen and oxygen atoms in total. The summed E-state index contributed by atoms with van der Waals surface area (Å²) in [5, 5.41) is 3.80. The van der Waals surface area contributed by atoms with E-state index in [4.69, 9.17) is 4.74 Å². The molecule has 2 aromatic carbocycles. The molecule has 0 saturated carbocycles. The number of aromatic nitrogens is 1. The first kappa shape index (κ1) is 16.8. The van der Waals surface area contributed by atoms with E-state index in [1.165, 1.54) is 6.08 Å². The number of morpholine rings is 1. The average molecular weight is 365 g/mol. The van der Waals surface area contributed by atoms with Crippen LogP contribution in [-0.4, -0.2) is 37.2 Å². The summed E-state index contributed by atoms with van der Waals surface area (Å²) in [4.78, 5) is 19.1. The van der Waals surface area contributed by atoms with Crippen LogP contribution < -0.4 is 10.2 Å². The molecule has 1 N–H and O–H groups in total. The number of amides is 1. The van der Waals surface area contributed by atoms with E-state index in [-0.39, 0.29) is 5.91 Å². The van der Waals surface area contributed by atoms with Crippen LogP contribution in [0.1, 0.15) is 5.01 Å². The molecule has 1 saturated heterocycles. The van der Waals surface area contributed by atoms with Crippen molar-refractivity contribution in [1.29, 1.82) is 0 Å². The Kier molecular flexibility index (Phi) is 4.95. The van der Waals surface area contributed by atoms with Gasteiger partial charge in [0.2, 0.25) is 5.91 Å². The molecule has 6 heteroatoms. The van der Waals surface area contributed by atoms with Crippen molar-refractivity contribution in [1.82, 2.24) is 4.98 Å². The van der Waals surface area contributed by atoms with Gasteiger partial charge in [-0.2, -0.15) is 0 Å². The second-order valence-electron chi connectivity index (χ2n) is 5.96. The molecule has 4 rings (SSSR count). The lowest BCUT2D eigenvalue weighted by Gasteiger charge is -2.30. The summed E-state index contributed by atoms with van der Waals surface area (Å²) >= 11 is 1.57. The molecule has 0 unspecified atom stereocenters. The summed E-state index contributed by atoms with van der Waals surface area (Å²) in [6.45, 7) is 3.07. The van der Waals surface area contributed by atoms with Gasteiger partial charge in [-0.05, 0) is 30.3 Å². The van der Waals surface area contributed by atoms with Gasteiger partial charge in [-0.3, -0.25) is 4.79 Å². The zero-order valence-corrected chi connectivity index (χ0v) is 15.0. The van der Waals surface area contributed by atoms with Gasteiger partial charge < -0.3 is 15.0 Å². The van der Waals surface area contributed by atoms with Crippen molar-refractivity contribution in [2.45, 2.75) is 0 Å². The molecule has 132 valence electrons. The van der Waals surface area contributed by atoms with E-state index < -0.39 is 0 Å². The molecular weight excluding hydrogens is 346 g/mol. The summed E-state index contributed by atoms with van der Waals surface area (Å²) in [5.74, 6) is -0.162. The van der Waals surface area contributed by atoms with Crippen molar-refractivity contribution in [3.8, 4) is 0 Å². The number of anilines is 2. The van der Waals surface area contributed by atoms with Gasteiger partial charge in [0.25, 0.3) is 0 Å². The first-order chi connectivity index (χ1) is 12.8. The Morgan fingerprint density at radius 3 is 2.73 bits per heavy atom. The monoisotopic (exact) mass is 365 g/mol. The Hall–Kier alpha value is -2.70. The molecule has 0 aliphatic carbocycles. The number of hydrogen-bond acceptors (Lipinski definition) is 5. The molecule has 26 heavy (non-hydrogen) atoms. The van der Waals surface area contributed by atoms with E-state index in [0.29, 0.717) is 13.2 Å². The third kappa shape index (κ3) is 3.76. The first-order valence-corrected chi connectivity index (χ1v) is 9.37. The summed E-state index contributed by atoms with van der Waals surface area (Å²) < 4.78 is 6.52. The maximum Gasteiger partial charge on any atom is 0.248 e. The number of rotatable bonds is 4. The van der Waals surface area contributed by atoms with E-state index in [9.17, 15) is 4.79 Å². The van der Waals surface area contributed by atoms with Crippen molar-refractivity contribution in [2.75, 3.05) is 36.5 Å². The van der Waals surface area contributed by atoms with Gasteiger partial charge in [0.05, 0.1) is 34.8 Å². The van der Waals surface area contributed by atoms with Crippen LogP contribution in [-0.2, 0) is 9.53 Å². The number of carbonyl (C=O) groups is 1. The Bertz CT molecular complexity index is 912. The highest BCUT2D eigenvalue weighted by Crippen LogP contribution is 2.26. The third-order valence-electron chi connectivity index (χ3n) is 4.20. The number of nitrogens with one attached hydrogen (secondary N) is 1. The number of thiazole rings is 1. The lowest BCUT2D eigenvalue weighted by Crippen LogP contribution is -2.36. The average Bonchev–Trinajstić information content (AvgIpc) is 3.11. The maximum atomic E-state index is 12.4. The minimum Gasteiger partial charge on any atom is -0.378 e. The van der Waals surface area contributed by atoms with Gasteiger partial charge in [-0.1, -0.05) is 24.3 Å². The van der Waals surface area contributed by atoms with E-state index in [2.05, 4.69) is 15.2 Å². The summed E-state index contributed by atoms with van der Waals surface area (Å²) in [7, 11) is 0. The molecule has 0 spiro atoms. The van der Waals surface area contributed by atoms with Crippen molar-refractivity contribution in [2.24, 2.45) is 0 Å². The van der Waals surface area contributed by atoms with E-state index >= 15 is 0 Å².